The van der Waals surface area contributed by atoms with Crippen molar-refractivity contribution in [1.29, 1.82) is 0 Å². The fourth-order valence-corrected chi connectivity index (χ4v) is 3.72. The van der Waals surface area contributed by atoms with Gasteiger partial charge in [-0.2, -0.15) is 16.5 Å². The summed E-state index contributed by atoms with van der Waals surface area (Å²) in [6.07, 6.45) is 3.29. The van der Waals surface area contributed by atoms with E-state index in [1.165, 1.54) is 30.2 Å². The number of benzene rings is 1. The van der Waals surface area contributed by atoms with Gasteiger partial charge in [-0.3, -0.25) is 20.4 Å². The van der Waals surface area contributed by atoms with Crippen LogP contribution in [0.4, 0.5) is 4.39 Å². The number of rotatable bonds is 8. The minimum Gasteiger partial charge on any atom is -0.459 e. The number of hydrazine groups is 1. The lowest BCUT2D eigenvalue weighted by Crippen LogP contribution is -2.52. The van der Waals surface area contributed by atoms with Crippen LogP contribution in [0.1, 0.15) is 17.0 Å². The van der Waals surface area contributed by atoms with Crippen LogP contribution in [0, 0.1) is 5.82 Å². The Morgan fingerprint density at radius 1 is 1.19 bits per heavy atom. The van der Waals surface area contributed by atoms with Crippen molar-refractivity contribution >= 4 is 33.6 Å². The predicted molar refractivity (Wildman–Crippen MR) is 97.8 cm³/mol. The van der Waals surface area contributed by atoms with Crippen LogP contribution in [-0.2, 0) is 14.8 Å². The maximum absolute atomic E-state index is 13.0. The van der Waals surface area contributed by atoms with Crippen LogP contribution in [-0.4, -0.2) is 38.3 Å². The molecule has 2 rings (SSSR count). The fourth-order valence-electron chi connectivity index (χ4n) is 2.02. The number of halogens is 1. The van der Waals surface area contributed by atoms with Crippen LogP contribution in [0.3, 0.4) is 0 Å². The number of carbonyl (C=O) groups excluding carboxylic acids is 2. The van der Waals surface area contributed by atoms with E-state index < -0.39 is 33.7 Å². The summed E-state index contributed by atoms with van der Waals surface area (Å²) in [6, 6.07) is 5.99. The van der Waals surface area contributed by atoms with Gasteiger partial charge in [0.2, 0.25) is 10.0 Å². The van der Waals surface area contributed by atoms with Crippen LogP contribution in [0.15, 0.2) is 52.0 Å². The first-order valence-corrected chi connectivity index (χ1v) is 10.6. The molecule has 3 N–H and O–H groups in total. The van der Waals surface area contributed by atoms with Gasteiger partial charge >= 0.3 is 5.91 Å². The largest absolute Gasteiger partial charge is 0.459 e. The zero-order chi connectivity index (χ0) is 19.9. The van der Waals surface area contributed by atoms with Crippen molar-refractivity contribution in [1.82, 2.24) is 15.6 Å². The van der Waals surface area contributed by atoms with Gasteiger partial charge in [0.1, 0.15) is 11.9 Å². The van der Waals surface area contributed by atoms with E-state index in [0.29, 0.717) is 5.75 Å². The Morgan fingerprint density at radius 2 is 1.89 bits per heavy atom. The first-order valence-electron chi connectivity index (χ1n) is 7.74. The number of carbonyl (C=O) groups is 2. The van der Waals surface area contributed by atoms with E-state index in [2.05, 4.69) is 15.6 Å². The molecule has 1 aromatic heterocycles. The lowest BCUT2D eigenvalue weighted by molar-refractivity contribution is -0.123. The molecule has 1 aromatic carbocycles. The minimum absolute atomic E-state index is 0.0112. The summed E-state index contributed by atoms with van der Waals surface area (Å²) in [6.45, 7) is 0. The molecule has 0 fully saturated rings. The summed E-state index contributed by atoms with van der Waals surface area (Å²) >= 11 is 1.43. The standard InChI is InChI=1S/C16H18FN3O5S2/c1-26-10-8-13(15(21)18-19-16(22)14-3-2-9-25-14)20-27(23,24)12-6-4-11(17)5-7-12/h2-7,9,13,20H,8,10H2,1H3,(H,18,21)(H,19,22)/t13-/m0/s1. The third kappa shape index (κ3) is 6.08. The third-order valence-electron chi connectivity index (χ3n) is 3.39. The van der Waals surface area contributed by atoms with Crippen molar-refractivity contribution in [2.45, 2.75) is 17.4 Å². The van der Waals surface area contributed by atoms with Gasteiger partial charge in [0.15, 0.2) is 5.76 Å². The van der Waals surface area contributed by atoms with Gasteiger partial charge < -0.3 is 4.42 Å². The van der Waals surface area contributed by atoms with Crippen molar-refractivity contribution in [3.63, 3.8) is 0 Å². The number of nitrogens with one attached hydrogen (secondary N) is 3. The second-order valence-corrected chi connectivity index (χ2v) is 8.03. The lowest BCUT2D eigenvalue weighted by Gasteiger charge is -2.18. The Labute approximate surface area is 159 Å². The number of hydrogen-bond acceptors (Lipinski definition) is 6. The highest BCUT2D eigenvalue weighted by Crippen LogP contribution is 2.12. The van der Waals surface area contributed by atoms with E-state index in [1.54, 1.807) is 0 Å². The molecule has 0 spiro atoms. The molecular formula is C16H18FN3O5S2. The van der Waals surface area contributed by atoms with Gasteiger partial charge in [0.05, 0.1) is 11.2 Å². The van der Waals surface area contributed by atoms with Crippen molar-refractivity contribution in [2.24, 2.45) is 0 Å². The summed E-state index contributed by atoms with van der Waals surface area (Å²) in [5.41, 5.74) is 4.32. The maximum atomic E-state index is 13.0. The van der Waals surface area contributed by atoms with Crippen molar-refractivity contribution in [2.75, 3.05) is 12.0 Å². The molecule has 27 heavy (non-hydrogen) atoms. The fraction of sp³-hybridized carbons (Fsp3) is 0.250. The van der Waals surface area contributed by atoms with E-state index >= 15 is 0 Å². The van der Waals surface area contributed by atoms with Gasteiger partial charge in [-0.15, -0.1) is 0 Å². The number of furan rings is 1. The van der Waals surface area contributed by atoms with Gasteiger partial charge in [-0.05, 0) is 54.8 Å². The summed E-state index contributed by atoms with van der Waals surface area (Å²) < 4.78 is 45.0. The number of thioether (sulfide) groups is 1. The highest BCUT2D eigenvalue weighted by Gasteiger charge is 2.26. The summed E-state index contributed by atoms with van der Waals surface area (Å²) in [4.78, 5) is 23.9. The topological polar surface area (TPSA) is 118 Å². The van der Waals surface area contributed by atoms with Crippen LogP contribution in [0.5, 0.6) is 0 Å². The van der Waals surface area contributed by atoms with Crippen LogP contribution in [0.25, 0.3) is 0 Å². The lowest BCUT2D eigenvalue weighted by atomic mass is 10.2. The average Bonchev–Trinajstić information content (AvgIpc) is 3.18. The normalized spacial score (nSPS) is 12.4. The average molecular weight is 415 g/mol. The Hall–Kier alpha value is -2.37. The molecule has 0 saturated carbocycles. The smallest absolute Gasteiger partial charge is 0.305 e. The van der Waals surface area contributed by atoms with Gasteiger partial charge in [0, 0.05) is 0 Å². The molecule has 0 unspecified atom stereocenters. The van der Waals surface area contributed by atoms with Crippen molar-refractivity contribution < 1.29 is 26.8 Å². The Balaban J connectivity index is 2.05. The van der Waals surface area contributed by atoms with Gasteiger partial charge in [0.25, 0.3) is 5.91 Å². The molecule has 8 nitrogen and oxygen atoms in total. The molecule has 0 saturated heterocycles. The third-order valence-corrected chi connectivity index (χ3v) is 5.52. The second kappa shape index (κ2) is 9.53. The molecule has 0 aliphatic rings. The SMILES string of the molecule is CSCC[C@H](NS(=O)(=O)c1ccc(F)cc1)C(=O)NNC(=O)c1ccco1. The molecule has 11 heteroatoms. The summed E-state index contributed by atoms with van der Waals surface area (Å²) in [5.74, 6) is -1.52. The summed E-state index contributed by atoms with van der Waals surface area (Å²) in [7, 11) is -4.05. The van der Waals surface area contributed by atoms with E-state index in [-0.39, 0.29) is 17.1 Å². The highest BCUT2D eigenvalue weighted by atomic mass is 32.2. The Bertz CT molecular complexity index is 870. The van der Waals surface area contributed by atoms with Crippen LogP contribution in [0.2, 0.25) is 0 Å². The first kappa shape index (κ1) is 20.9. The minimum atomic E-state index is -4.05. The zero-order valence-electron chi connectivity index (χ0n) is 14.3. The number of sulfonamides is 1. The number of hydrogen-bond donors (Lipinski definition) is 3. The highest BCUT2D eigenvalue weighted by molar-refractivity contribution is 7.98. The van der Waals surface area contributed by atoms with Crippen LogP contribution < -0.4 is 15.6 Å². The van der Waals surface area contributed by atoms with E-state index in [9.17, 15) is 22.4 Å². The molecule has 0 aliphatic heterocycles. The monoisotopic (exact) mass is 415 g/mol. The predicted octanol–water partition coefficient (Wildman–Crippen LogP) is 1.28. The first-order chi connectivity index (χ1) is 12.8. The number of amides is 2. The molecule has 1 heterocycles. The molecule has 2 amide bonds. The summed E-state index contributed by atoms with van der Waals surface area (Å²) in [5, 5.41) is 0. The van der Waals surface area contributed by atoms with Crippen molar-refractivity contribution in [3.8, 4) is 0 Å². The van der Waals surface area contributed by atoms with Gasteiger partial charge in [-0.1, -0.05) is 0 Å². The quantitative estimate of drug-likeness (QED) is 0.559. The molecule has 146 valence electrons. The van der Waals surface area contributed by atoms with E-state index in [4.69, 9.17) is 4.42 Å². The molecule has 0 bridgehead atoms. The zero-order valence-corrected chi connectivity index (χ0v) is 15.9. The van der Waals surface area contributed by atoms with Crippen molar-refractivity contribution in [3.05, 3.63) is 54.2 Å². The van der Waals surface area contributed by atoms with E-state index in [1.807, 2.05) is 6.26 Å². The van der Waals surface area contributed by atoms with Crippen LogP contribution >= 0.6 is 11.8 Å². The second-order valence-electron chi connectivity index (χ2n) is 5.33. The Kier molecular flexibility index (Phi) is 7.39. The van der Waals surface area contributed by atoms with Gasteiger partial charge in [-0.25, -0.2) is 12.8 Å². The Morgan fingerprint density at radius 3 is 2.48 bits per heavy atom. The molecule has 0 radical (unpaired) electrons. The molecule has 2 aromatic rings. The molecule has 1 atom stereocenters. The molecule has 0 aliphatic carbocycles. The maximum Gasteiger partial charge on any atom is 0.305 e. The molecular weight excluding hydrogens is 397 g/mol. The van der Waals surface area contributed by atoms with E-state index in [0.717, 1.165) is 24.3 Å².